The van der Waals surface area contributed by atoms with Gasteiger partial charge in [-0.1, -0.05) is 38.0 Å². The number of aryl methyl sites for hydroxylation is 1. The van der Waals surface area contributed by atoms with E-state index >= 15 is 0 Å². The van der Waals surface area contributed by atoms with Gasteiger partial charge in [-0.3, -0.25) is 4.79 Å². The maximum atomic E-state index is 13.0. The maximum absolute atomic E-state index is 13.0. The largest absolute Gasteiger partial charge is 0.456 e. The predicted molar refractivity (Wildman–Crippen MR) is 108 cm³/mol. The van der Waals surface area contributed by atoms with Crippen molar-refractivity contribution in [3.63, 3.8) is 0 Å². The van der Waals surface area contributed by atoms with Crippen LogP contribution in [0.5, 0.6) is 0 Å². The molecular weight excluding hydrogens is 379 g/mol. The zero-order valence-electron chi connectivity index (χ0n) is 15.9. The first-order valence-corrected chi connectivity index (χ1v) is 9.63. The van der Waals surface area contributed by atoms with E-state index in [4.69, 9.17) is 4.42 Å². The van der Waals surface area contributed by atoms with Crippen molar-refractivity contribution in [1.82, 2.24) is 4.98 Å². The van der Waals surface area contributed by atoms with E-state index in [0.29, 0.717) is 17.4 Å². The number of furan rings is 1. The lowest BCUT2D eigenvalue weighted by molar-refractivity contribution is -0.141. The Bertz CT molecular complexity index is 1230. The molecule has 4 rings (SSSR count). The van der Waals surface area contributed by atoms with Crippen LogP contribution < -0.4 is 5.43 Å². The SMILES string of the molecule is CCCCCc1c(-c2ccc3[nH]c(C(F)(F)F)cc(=O)c3c2)oc2ccccc12. The van der Waals surface area contributed by atoms with E-state index in [9.17, 15) is 18.0 Å². The van der Waals surface area contributed by atoms with Gasteiger partial charge in [-0.05, 0) is 37.1 Å². The molecule has 1 N–H and O–H groups in total. The fourth-order valence-electron chi connectivity index (χ4n) is 3.67. The van der Waals surface area contributed by atoms with Crippen LogP contribution in [-0.2, 0) is 12.6 Å². The Balaban J connectivity index is 1.86. The number of unbranched alkanes of at least 4 members (excludes halogenated alkanes) is 2. The molecule has 0 fully saturated rings. The molecule has 0 aliphatic carbocycles. The lowest BCUT2D eigenvalue weighted by atomic mass is 9.99. The third kappa shape index (κ3) is 3.67. The highest BCUT2D eigenvalue weighted by Crippen LogP contribution is 2.36. The molecule has 6 heteroatoms. The highest BCUT2D eigenvalue weighted by atomic mass is 19.4. The van der Waals surface area contributed by atoms with Gasteiger partial charge in [-0.2, -0.15) is 13.2 Å². The first-order chi connectivity index (χ1) is 13.9. The molecule has 0 spiro atoms. The number of benzene rings is 2. The molecule has 3 nitrogen and oxygen atoms in total. The van der Waals surface area contributed by atoms with Gasteiger partial charge >= 0.3 is 6.18 Å². The minimum atomic E-state index is -4.60. The number of nitrogens with one attached hydrogen (secondary N) is 1. The van der Waals surface area contributed by atoms with Crippen molar-refractivity contribution in [2.24, 2.45) is 0 Å². The van der Waals surface area contributed by atoms with Crippen LogP contribution in [0.4, 0.5) is 13.2 Å². The first kappa shape index (κ1) is 19.3. The summed E-state index contributed by atoms with van der Waals surface area (Å²) in [7, 11) is 0. The summed E-state index contributed by atoms with van der Waals surface area (Å²) in [6, 6.07) is 13.2. The Morgan fingerprint density at radius 3 is 2.55 bits per heavy atom. The Hall–Kier alpha value is -3.02. The van der Waals surface area contributed by atoms with E-state index in [2.05, 4.69) is 11.9 Å². The normalized spacial score (nSPS) is 12.1. The molecule has 2 heterocycles. The summed E-state index contributed by atoms with van der Waals surface area (Å²) in [6.45, 7) is 2.14. The molecule has 0 saturated heterocycles. The van der Waals surface area contributed by atoms with Crippen molar-refractivity contribution in [2.45, 2.75) is 38.8 Å². The quantitative estimate of drug-likeness (QED) is 0.380. The minimum absolute atomic E-state index is 0.150. The number of aromatic nitrogens is 1. The van der Waals surface area contributed by atoms with Crippen molar-refractivity contribution in [3.8, 4) is 11.3 Å². The van der Waals surface area contributed by atoms with Crippen LogP contribution in [0.15, 0.2) is 57.7 Å². The van der Waals surface area contributed by atoms with E-state index in [1.54, 1.807) is 12.1 Å². The second kappa shape index (κ2) is 7.43. The van der Waals surface area contributed by atoms with E-state index in [1.807, 2.05) is 24.3 Å². The Morgan fingerprint density at radius 1 is 1.00 bits per heavy atom. The lowest BCUT2D eigenvalue weighted by Crippen LogP contribution is -2.13. The Kier molecular flexibility index (Phi) is 4.94. The second-order valence-electron chi connectivity index (χ2n) is 7.17. The molecule has 29 heavy (non-hydrogen) atoms. The molecule has 4 aromatic rings. The fraction of sp³-hybridized carbons (Fsp3) is 0.261. The number of H-pyrrole nitrogens is 1. The number of hydrogen-bond donors (Lipinski definition) is 1. The van der Waals surface area contributed by atoms with Crippen molar-refractivity contribution < 1.29 is 17.6 Å². The number of hydrogen-bond acceptors (Lipinski definition) is 2. The van der Waals surface area contributed by atoms with Gasteiger partial charge in [0.1, 0.15) is 17.0 Å². The summed E-state index contributed by atoms with van der Waals surface area (Å²) in [4.78, 5) is 14.7. The van der Waals surface area contributed by atoms with E-state index in [0.717, 1.165) is 42.2 Å². The average molecular weight is 399 g/mol. The molecule has 0 unspecified atom stereocenters. The summed E-state index contributed by atoms with van der Waals surface area (Å²) in [6.07, 6.45) is -0.566. The standard InChI is InChI=1S/C23H20F3NO2/c1-2-3-4-8-16-15-7-5-6-9-20(15)29-22(16)14-10-11-18-17(12-14)19(28)13-21(27-18)23(24,25)26/h5-7,9-13H,2-4,8H2,1H3,(H,27,28). The van der Waals surface area contributed by atoms with Gasteiger partial charge in [-0.25, -0.2) is 0 Å². The van der Waals surface area contributed by atoms with Crippen LogP contribution in [0.2, 0.25) is 0 Å². The minimum Gasteiger partial charge on any atom is -0.456 e. The highest BCUT2D eigenvalue weighted by molar-refractivity contribution is 5.90. The number of rotatable bonds is 5. The summed E-state index contributed by atoms with van der Waals surface area (Å²) < 4.78 is 45.0. The van der Waals surface area contributed by atoms with Gasteiger partial charge in [0.25, 0.3) is 0 Å². The summed E-state index contributed by atoms with van der Waals surface area (Å²) >= 11 is 0. The van der Waals surface area contributed by atoms with Gasteiger partial charge < -0.3 is 9.40 Å². The third-order valence-corrected chi connectivity index (χ3v) is 5.13. The molecule has 0 bridgehead atoms. The topological polar surface area (TPSA) is 46.0 Å². The van der Waals surface area contributed by atoms with Gasteiger partial charge in [0.15, 0.2) is 5.43 Å². The zero-order valence-corrected chi connectivity index (χ0v) is 15.9. The molecule has 0 saturated carbocycles. The van der Waals surface area contributed by atoms with Crippen LogP contribution in [0.1, 0.15) is 37.4 Å². The summed E-state index contributed by atoms with van der Waals surface area (Å²) in [5, 5.41) is 1.23. The number of halogens is 3. The van der Waals surface area contributed by atoms with E-state index in [1.165, 1.54) is 6.07 Å². The molecule has 0 amide bonds. The fourth-order valence-corrected chi connectivity index (χ4v) is 3.67. The molecule has 2 aromatic heterocycles. The number of alkyl halides is 3. The average Bonchev–Trinajstić information content (AvgIpc) is 3.06. The van der Waals surface area contributed by atoms with Crippen molar-refractivity contribution >= 4 is 21.9 Å². The van der Waals surface area contributed by atoms with Crippen LogP contribution in [0.25, 0.3) is 33.2 Å². The van der Waals surface area contributed by atoms with Crippen LogP contribution in [0.3, 0.4) is 0 Å². The zero-order chi connectivity index (χ0) is 20.6. The van der Waals surface area contributed by atoms with Crippen molar-refractivity contribution in [2.75, 3.05) is 0 Å². The smallest absolute Gasteiger partial charge is 0.431 e. The van der Waals surface area contributed by atoms with Crippen LogP contribution >= 0.6 is 0 Å². The monoisotopic (exact) mass is 399 g/mol. The van der Waals surface area contributed by atoms with Crippen LogP contribution in [0, 0.1) is 0 Å². The third-order valence-electron chi connectivity index (χ3n) is 5.13. The number of pyridine rings is 1. The molecular formula is C23H20F3NO2. The lowest BCUT2D eigenvalue weighted by Gasteiger charge is -2.09. The molecule has 0 aliphatic rings. The molecule has 150 valence electrons. The summed E-state index contributed by atoms with van der Waals surface area (Å²) in [5.41, 5.74) is 0.943. The van der Waals surface area contributed by atoms with Crippen LogP contribution in [-0.4, -0.2) is 4.98 Å². The molecule has 0 aliphatic heterocycles. The van der Waals surface area contributed by atoms with E-state index in [-0.39, 0.29) is 10.9 Å². The number of aromatic amines is 1. The Morgan fingerprint density at radius 2 is 1.79 bits per heavy atom. The maximum Gasteiger partial charge on any atom is 0.431 e. The molecule has 2 aromatic carbocycles. The molecule has 0 radical (unpaired) electrons. The van der Waals surface area contributed by atoms with Gasteiger partial charge in [0.05, 0.1) is 0 Å². The first-order valence-electron chi connectivity index (χ1n) is 9.63. The second-order valence-corrected chi connectivity index (χ2v) is 7.17. The van der Waals surface area contributed by atoms with Gasteiger partial charge in [0.2, 0.25) is 0 Å². The Labute approximate surface area is 165 Å². The van der Waals surface area contributed by atoms with Crippen molar-refractivity contribution in [3.05, 3.63) is 70.0 Å². The van der Waals surface area contributed by atoms with E-state index < -0.39 is 17.3 Å². The number of fused-ring (bicyclic) bond motifs is 2. The van der Waals surface area contributed by atoms with Gasteiger partial charge in [-0.15, -0.1) is 0 Å². The predicted octanol–water partition coefficient (Wildman–Crippen LogP) is 6.69. The van der Waals surface area contributed by atoms with Gasteiger partial charge in [0, 0.05) is 33.5 Å². The molecule has 0 atom stereocenters. The highest BCUT2D eigenvalue weighted by Gasteiger charge is 2.32. The number of para-hydroxylation sites is 1. The van der Waals surface area contributed by atoms with Crippen molar-refractivity contribution in [1.29, 1.82) is 0 Å². The summed E-state index contributed by atoms with van der Waals surface area (Å²) in [5.74, 6) is 0.670.